The van der Waals surface area contributed by atoms with Crippen LogP contribution in [0.3, 0.4) is 0 Å². The Hall–Kier alpha value is -2.81. The van der Waals surface area contributed by atoms with Gasteiger partial charge in [-0.1, -0.05) is 12.1 Å². The number of rotatable bonds is 6. The lowest BCUT2D eigenvalue weighted by atomic mass is 10.2. The van der Waals surface area contributed by atoms with Gasteiger partial charge in [0.25, 0.3) is 21.8 Å². The van der Waals surface area contributed by atoms with Gasteiger partial charge in [-0.2, -0.15) is 9.57 Å². The van der Waals surface area contributed by atoms with Gasteiger partial charge in [0, 0.05) is 7.05 Å². The topological polar surface area (TPSA) is 133 Å². The first-order valence-corrected chi connectivity index (χ1v) is 9.27. The molecule has 2 aromatic rings. The van der Waals surface area contributed by atoms with Crippen molar-refractivity contribution in [1.82, 2.24) is 4.31 Å². The zero-order valence-corrected chi connectivity index (χ0v) is 15.0. The van der Waals surface area contributed by atoms with Crippen LogP contribution >= 0.6 is 11.3 Å². The van der Waals surface area contributed by atoms with E-state index in [1.807, 2.05) is 0 Å². The molecule has 1 aromatic carbocycles. The molecule has 2 rings (SSSR count). The SMILES string of the molecule is CN(CC#N)S(=O)(=O)c1cc(C(N)=O)c(NC(=O)c2ccccc2F)s1. The highest BCUT2D eigenvalue weighted by atomic mass is 32.2. The molecule has 0 atom stereocenters. The largest absolute Gasteiger partial charge is 0.366 e. The molecule has 0 spiro atoms. The van der Waals surface area contributed by atoms with E-state index in [2.05, 4.69) is 5.32 Å². The van der Waals surface area contributed by atoms with Crippen LogP contribution in [0.5, 0.6) is 0 Å². The van der Waals surface area contributed by atoms with Crippen LogP contribution < -0.4 is 11.1 Å². The van der Waals surface area contributed by atoms with Gasteiger partial charge in [-0.15, -0.1) is 11.3 Å². The number of nitrogens with two attached hydrogens (primary N) is 1. The molecule has 26 heavy (non-hydrogen) atoms. The van der Waals surface area contributed by atoms with E-state index in [1.165, 1.54) is 25.2 Å². The van der Waals surface area contributed by atoms with Crippen molar-refractivity contribution in [3.63, 3.8) is 0 Å². The van der Waals surface area contributed by atoms with Crippen molar-refractivity contribution in [1.29, 1.82) is 5.26 Å². The number of nitrogens with zero attached hydrogens (tertiary/aromatic N) is 2. The van der Waals surface area contributed by atoms with Crippen molar-refractivity contribution in [2.24, 2.45) is 5.73 Å². The van der Waals surface area contributed by atoms with E-state index in [4.69, 9.17) is 11.0 Å². The van der Waals surface area contributed by atoms with E-state index in [1.54, 1.807) is 6.07 Å². The summed E-state index contributed by atoms with van der Waals surface area (Å²) in [6.07, 6.45) is 0. The molecule has 0 bridgehead atoms. The van der Waals surface area contributed by atoms with Crippen molar-refractivity contribution < 1.29 is 22.4 Å². The molecule has 0 aliphatic carbocycles. The summed E-state index contributed by atoms with van der Waals surface area (Å²) in [6, 6.07) is 7.89. The molecule has 3 N–H and O–H groups in total. The monoisotopic (exact) mass is 396 g/mol. The number of anilines is 1. The Kier molecular flexibility index (Phi) is 5.71. The van der Waals surface area contributed by atoms with Crippen LogP contribution in [0.25, 0.3) is 0 Å². The molecule has 1 heterocycles. The smallest absolute Gasteiger partial charge is 0.259 e. The Bertz CT molecular complexity index is 1010. The normalized spacial score (nSPS) is 11.2. The van der Waals surface area contributed by atoms with Crippen LogP contribution in [-0.4, -0.2) is 38.1 Å². The maximum atomic E-state index is 13.7. The third-order valence-electron chi connectivity index (χ3n) is 3.28. The Morgan fingerprint density at radius 1 is 1.35 bits per heavy atom. The Morgan fingerprint density at radius 2 is 2.00 bits per heavy atom. The maximum Gasteiger partial charge on any atom is 0.259 e. The highest BCUT2D eigenvalue weighted by Crippen LogP contribution is 2.33. The number of benzene rings is 1. The number of thiophene rings is 1. The second-order valence-electron chi connectivity index (χ2n) is 5.03. The summed E-state index contributed by atoms with van der Waals surface area (Å²) in [4.78, 5) is 23.8. The van der Waals surface area contributed by atoms with Crippen LogP contribution in [0.4, 0.5) is 9.39 Å². The molecule has 0 aliphatic rings. The lowest BCUT2D eigenvalue weighted by Gasteiger charge is -2.11. The molecule has 11 heteroatoms. The fraction of sp³-hybridized carbons (Fsp3) is 0.133. The second kappa shape index (κ2) is 7.61. The van der Waals surface area contributed by atoms with E-state index in [0.717, 1.165) is 16.4 Å². The number of carbonyl (C=O) groups is 2. The Morgan fingerprint density at radius 3 is 2.58 bits per heavy atom. The number of nitriles is 1. The van der Waals surface area contributed by atoms with Crippen LogP contribution in [0, 0.1) is 17.1 Å². The standard InChI is InChI=1S/C15H13FN4O4S2/c1-20(7-6-17)26(23,24)12-8-10(13(18)21)15(25-12)19-14(22)9-4-2-3-5-11(9)16/h2-5,8H,7H2,1H3,(H2,18,21)(H,19,22). The van der Waals surface area contributed by atoms with Gasteiger partial charge >= 0.3 is 0 Å². The zero-order chi connectivity index (χ0) is 19.5. The molecule has 0 aliphatic heterocycles. The minimum Gasteiger partial charge on any atom is -0.366 e. The third kappa shape index (κ3) is 3.88. The van der Waals surface area contributed by atoms with Crippen molar-refractivity contribution in [2.75, 3.05) is 18.9 Å². The Balaban J connectivity index is 2.42. The van der Waals surface area contributed by atoms with Gasteiger partial charge < -0.3 is 11.1 Å². The lowest BCUT2D eigenvalue weighted by Crippen LogP contribution is -2.26. The predicted octanol–water partition coefficient (Wildman–Crippen LogP) is 1.38. The maximum absolute atomic E-state index is 13.7. The van der Waals surface area contributed by atoms with Gasteiger partial charge in [-0.25, -0.2) is 12.8 Å². The minimum atomic E-state index is -4.05. The fourth-order valence-electron chi connectivity index (χ4n) is 1.93. The fourth-order valence-corrected chi connectivity index (χ4v) is 4.57. The molecule has 0 fully saturated rings. The second-order valence-corrected chi connectivity index (χ2v) is 8.35. The van der Waals surface area contributed by atoms with Crippen LogP contribution in [-0.2, 0) is 10.0 Å². The summed E-state index contributed by atoms with van der Waals surface area (Å²) in [5.41, 5.74) is 4.72. The van der Waals surface area contributed by atoms with E-state index in [-0.39, 0.29) is 20.3 Å². The highest BCUT2D eigenvalue weighted by Gasteiger charge is 2.27. The zero-order valence-electron chi connectivity index (χ0n) is 13.4. The summed E-state index contributed by atoms with van der Waals surface area (Å²) >= 11 is 0.584. The first-order chi connectivity index (χ1) is 12.2. The van der Waals surface area contributed by atoms with E-state index >= 15 is 0 Å². The quantitative estimate of drug-likeness (QED) is 0.712. The minimum absolute atomic E-state index is 0.130. The highest BCUT2D eigenvalue weighted by molar-refractivity contribution is 7.91. The molecular formula is C15H13FN4O4S2. The number of primary amides is 1. The van der Waals surface area contributed by atoms with Crippen molar-refractivity contribution >= 4 is 38.2 Å². The predicted molar refractivity (Wildman–Crippen MR) is 92.6 cm³/mol. The molecule has 8 nitrogen and oxygen atoms in total. The molecule has 0 unspecified atom stereocenters. The lowest BCUT2D eigenvalue weighted by molar-refractivity contribution is 0.100. The summed E-state index contributed by atoms with van der Waals surface area (Å²) in [6.45, 7) is -0.400. The number of sulfonamides is 1. The van der Waals surface area contributed by atoms with E-state index in [0.29, 0.717) is 11.3 Å². The number of nitrogens with one attached hydrogen (secondary N) is 1. The third-order valence-corrected chi connectivity index (χ3v) is 6.58. The van der Waals surface area contributed by atoms with Crippen molar-refractivity contribution in [2.45, 2.75) is 4.21 Å². The average Bonchev–Trinajstić information content (AvgIpc) is 3.00. The van der Waals surface area contributed by atoms with Crippen molar-refractivity contribution in [3.05, 3.63) is 47.3 Å². The van der Waals surface area contributed by atoms with Gasteiger partial charge in [0.15, 0.2) is 0 Å². The number of carbonyl (C=O) groups excluding carboxylic acids is 2. The molecule has 0 radical (unpaired) electrons. The van der Waals surface area contributed by atoms with Gasteiger partial charge in [-0.05, 0) is 18.2 Å². The first kappa shape index (κ1) is 19.5. The first-order valence-electron chi connectivity index (χ1n) is 7.01. The van der Waals surface area contributed by atoms with E-state index < -0.39 is 34.2 Å². The van der Waals surface area contributed by atoms with Gasteiger partial charge in [-0.3, -0.25) is 9.59 Å². The summed E-state index contributed by atoms with van der Waals surface area (Å²) in [5, 5.41) is 10.8. The summed E-state index contributed by atoms with van der Waals surface area (Å²) < 4.78 is 39.0. The van der Waals surface area contributed by atoms with Crippen LogP contribution in [0.15, 0.2) is 34.5 Å². The molecule has 0 saturated carbocycles. The molecule has 1 aromatic heterocycles. The molecule has 0 saturated heterocycles. The summed E-state index contributed by atoms with van der Waals surface area (Å²) in [7, 11) is -2.85. The number of hydrogen-bond acceptors (Lipinski definition) is 6. The molecule has 2 amide bonds. The van der Waals surface area contributed by atoms with Gasteiger partial charge in [0.1, 0.15) is 21.6 Å². The number of halogens is 1. The van der Waals surface area contributed by atoms with Crippen LogP contribution in [0.1, 0.15) is 20.7 Å². The van der Waals surface area contributed by atoms with Gasteiger partial charge in [0.05, 0.1) is 17.2 Å². The average molecular weight is 396 g/mol. The van der Waals surface area contributed by atoms with E-state index in [9.17, 15) is 22.4 Å². The Labute approximate surface area is 152 Å². The molecule has 136 valence electrons. The molecular weight excluding hydrogens is 383 g/mol. The summed E-state index contributed by atoms with van der Waals surface area (Å²) in [5.74, 6) is -2.60. The van der Waals surface area contributed by atoms with Crippen LogP contribution in [0.2, 0.25) is 0 Å². The number of hydrogen-bond donors (Lipinski definition) is 2. The van der Waals surface area contributed by atoms with Crippen molar-refractivity contribution in [3.8, 4) is 6.07 Å². The number of amides is 2. The van der Waals surface area contributed by atoms with Gasteiger partial charge in [0.2, 0.25) is 0 Å².